The molecule has 0 atom stereocenters. The molecular weight excluding hydrogens is 396 g/mol. The van der Waals surface area contributed by atoms with E-state index >= 15 is 0 Å². The SMILES string of the molecule is CCn1c(Cc2ccccc2)nn(CN2CCN(CC(=O)NC(C)(C)C)CC2)c1=S. The highest BCUT2D eigenvalue weighted by Crippen LogP contribution is 2.11. The minimum Gasteiger partial charge on any atom is -0.350 e. The molecule has 1 fully saturated rings. The quantitative estimate of drug-likeness (QED) is 0.684. The molecule has 1 aromatic heterocycles. The fourth-order valence-electron chi connectivity index (χ4n) is 3.74. The summed E-state index contributed by atoms with van der Waals surface area (Å²) >= 11 is 5.70. The molecule has 1 amide bonds. The van der Waals surface area contributed by atoms with Crippen LogP contribution in [0.3, 0.4) is 0 Å². The summed E-state index contributed by atoms with van der Waals surface area (Å²) in [4.78, 5) is 16.7. The molecule has 1 aliphatic rings. The van der Waals surface area contributed by atoms with Crippen molar-refractivity contribution >= 4 is 18.1 Å². The zero-order valence-electron chi connectivity index (χ0n) is 18.6. The lowest BCUT2D eigenvalue weighted by Gasteiger charge is -2.34. The van der Waals surface area contributed by atoms with Gasteiger partial charge in [0.2, 0.25) is 5.91 Å². The normalized spacial score (nSPS) is 16.0. The second-order valence-corrected chi connectivity index (χ2v) is 9.30. The Labute approximate surface area is 184 Å². The zero-order chi connectivity index (χ0) is 21.7. The van der Waals surface area contributed by atoms with Gasteiger partial charge in [-0.15, -0.1) is 0 Å². The van der Waals surface area contributed by atoms with E-state index in [1.165, 1.54) is 5.56 Å². The van der Waals surface area contributed by atoms with Gasteiger partial charge in [0.05, 0.1) is 13.2 Å². The van der Waals surface area contributed by atoms with Crippen molar-refractivity contribution in [1.82, 2.24) is 29.5 Å². The van der Waals surface area contributed by atoms with E-state index in [1.807, 2.05) is 31.5 Å². The van der Waals surface area contributed by atoms with E-state index in [9.17, 15) is 4.79 Å². The van der Waals surface area contributed by atoms with Gasteiger partial charge in [-0.2, -0.15) is 5.10 Å². The number of piperazine rings is 1. The first-order valence-corrected chi connectivity index (χ1v) is 11.1. The topological polar surface area (TPSA) is 58.3 Å². The molecular formula is C22H34N6OS. The molecule has 1 N–H and O–H groups in total. The number of benzene rings is 1. The molecule has 164 valence electrons. The number of hydrogen-bond donors (Lipinski definition) is 1. The summed E-state index contributed by atoms with van der Waals surface area (Å²) in [6, 6.07) is 10.4. The number of aromatic nitrogens is 3. The van der Waals surface area contributed by atoms with Crippen LogP contribution in [0, 0.1) is 4.77 Å². The number of rotatable bonds is 7. The maximum Gasteiger partial charge on any atom is 0.234 e. The van der Waals surface area contributed by atoms with Gasteiger partial charge in [0, 0.05) is 44.7 Å². The Balaban J connectivity index is 1.57. The standard InChI is InChI=1S/C22H34N6OS/c1-5-27-19(15-18-9-7-6-8-10-18)24-28(21(27)30)17-26-13-11-25(12-14-26)16-20(29)23-22(2,3)4/h6-10H,5,11-17H2,1-4H3,(H,23,29). The van der Waals surface area contributed by atoms with Crippen LogP contribution in [0.15, 0.2) is 30.3 Å². The first-order valence-electron chi connectivity index (χ1n) is 10.7. The predicted molar refractivity (Wildman–Crippen MR) is 122 cm³/mol. The minimum atomic E-state index is -0.190. The molecule has 1 aliphatic heterocycles. The van der Waals surface area contributed by atoms with Crippen molar-refractivity contribution in [3.05, 3.63) is 46.5 Å². The predicted octanol–water partition coefficient (Wildman–Crippen LogP) is 2.51. The van der Waals surface area contributed by atoms with E-state index in [-0.39, 0.29) is 11.4 Å². The van der Waals surface area contributed by atoms with Crippen LogP contribution in [0.25, 0.3) is 0 Å². The van der Waals surface area contributed by atoms with Gasteiger partial charge in [0.15, 0.2) is 4.77 Å². The largest absolute Gasteiger partial charge is 0.350 e. The molecule has 0 bridgehead atoms. The molecule has 8 heteroatoms. The number of nitrogens with one attached hydrogen (secondary N) is 1. The van der Waals surface area contributed by atoms with Crippen molar-refractivity contribution in [3.8, 4) is 0 Å². The van der Waals surface area contributed by atoms with Crippen LogP contribution in [-0.2, 0) is 24.4 Å². The molecule has 1 saturated heterocycles. The van der Waals surface area contributed by atoms with Crippen LogP contribution in [0.1, 0.15) is 39.1 Å². The number of amides is 1. The van der Waals surface area contributed by atoms with Crippen LogP contribution in [0.4, 0.5) is 0 Å². The van der Waals surface area contributed by atoms with Crippen molar-refractivity contribution < 1.29 is 4.79 Å². The maximum absolute atomic E-state index is 12.2. The Morgan fingerprint density at radius 1 is 1.10 bits per heavy atom. The van der Waals surface area contributed by atoms with E-state index in [0.29, 0.717) is 13.2 Å². The number of carbonyl (C=O) groups excluding carboxylic acids is 1. The monoisotopic (exact) mass is 430 g/mol. The van der Waals surface area contributed by atoms with Crippen LogP contribution < -0.4 is 5.32 Å². The Hall–Kier alpha value is -2.03. The van der Waals surface area contributed by atoms with Crippen LogP contribution >= 0.6 is 12.2 Å². The van der Waals surface area contributed by atoms with Gasteiger partial charge in [-0.25, -0.2) is 4.68 Å². The molecule has 30 heavy (non-hydrogen) atoms. The van der Waals surface area contributed by atoms with Crippen molar-refractivity contribution in [2.75, 3.05) is 32.7 Å². The van der Waals surface area contributed by atoms with E-state index in [4.69, 9.17) is 17.3 Å². The van der Waals surface area contributed by atoms with Crippen LogP contribution in [0.2, 0.25) is 0 Å². The molecule has 3 rings (SSSR count). The average molecular weight is 431 g/mol. The molecule has 0 unspecified atom stereocenters. The van der Waals surface area contributed by atoms with Gasteiger partial charge in [0.25, 0.3) is 0 Å². The third-order valence-electron chi connectivity index (χ3n) is 5.20. The third-order valence-corrected chi connectivity index (χ3v) is 5.63. The van der Waals surface area contributed by atoms with Crippen molar-refractivity contribution in [2.24, 2.45) is 0 Å². The van der Waals surface area contributed by atoms with E-state index in [0.717, 1.165) is 49.7 Å². The number of carbonyl (C=O) groups is 1. The fraction of sp³-hybridized carbons (Fsp3) is 0.591. The lowest BCUT2D eigenvalue weighted by molar-refractivity contribution is -0.124. The molecule has 2 heterocycles. The fourth-order valence-corrected chi connectivity index (χ4v) is 4.08. The van der Waals surface area contributed by atoms with Gasteiger partial charge >= 0.3 is 0 Å². The van der Waals surface area contributed by atoms with Gasteiger partial charge in [-0.3, -0.25) is 14.6 Å². The second kappa shape index (κ2) is 9.85. The van der Waals surface area contributed by atoms with E-state index in [1.54, 1.807) is 0 Å². The number of nitrogens with zero attached hydrogens (tertiary/aromatic N) is 5. The summed E-state index contributed by atoms with van der Waals surface area (Å²) in [5, 5.41) is 7.87. The summed E-state index contributed by atoms with van der Waals surface area (Å²) < 4.78 is 4.84. The second-order valence-electron chi connectivity index (χ2n) is 8.94. The van der Waals surface area contributed by atoms with E-state index in [2.05, 4.69) is 50.9 Å². The lowest BCUT2D eigenvalue weighted by Crippen LogP contribution is -2.51. The highest BCUT2D eigenvalue weighted by atomic mass is 32.1. The summed E-state index contributed by atoms with van der Waals surface area (Å²) in [5.41, 5.74) is 1.05. The van der Waals surface area contributed by atoms with Gasteiger partial charge < -0.3 is 9.88 Å². The molecule has 0 saturated carbocycles. The van der Waals surface area contributed by atoms with Crippen molar-refractivity contribution in [1.29, 1.82) is 0 Å². The maximum atomic E-state index is 12.2. The molecule has 0 radical (unpaired) electrons. The lowest BCUT2D eigenvalue weighted by atomic mass is 10.1. The molecule has 2 aromatic rings. The minimum absolute atomic E-state index is 0.0883. The molecule has 7 nitrogen and oxygen atoms in total. The zero-order valence-corrected chi connectivity index (χ0v) is 19.4. The van der Waals surface area contributed by atoms with Crippen LogP contribution in [0.5, 0.6) is 0 Å². The van der Waals surface area contributed by atoms with Crippen molar-refractivity contribution in [2.45, 2.75) is 52.9 Å². The first kappa shape index (κ1) is 22.7. The average Bonchev–Trinajstić information content (AvgIpc) is 2.97. The van der Waals surface area contributed by atoms with Gasteiger partial charge in [-0.1, -0.05) is 30.3 Å². The van der Waals surface area contributed by atoms with Crippen LogP contribution in [-0.4, -0.2) is 68.3 Å². The highest BCUT2D eigenvalue weighted by Gasteiger charge is 2.22. The smallest absolute Gasteiger partial charge is 0.234 e. The summed E-state index contributed by atoms with van der Waals surface area (Å²) in [7, 11) is 0. The van der Waals surface area contributed by atoms with Gasteiger partial charge in [-0.05, 0) is 45.5 Å². The number of hydrogen-bond acceptors (Lipinski definition) is 5. The summed E-state index contributed by atoms with van der Waals surface area (Å²) in [6.07, 6.45) is 0.780. The van der Waals surface area contributed by atoms with Crippen molar-refractivity contribution in [3.63, 3.8) is 0 Å². The third kappa shape index (κ3) is 6.23. The first-order chi connectivity index (χ1) is 14.2. The Morgan fingerprint density at radius 2 is 1.73 bits per heavy atom. The summed E-state index contributed by atoms with van der Waals surface area (Å²) in [5.74, 6) is 1.09. The van der Waals surface area contributed by atoms with Gasteiger partial charge in [0.1, 0.15) is 5.82 Å². The Morgan fingerprint density at radius 3 is 2.33 bits per heavy atom. The highest BCUT2D eigenvalue weighted by molar-refractivity contribution is 7.71. The summed E-state index contributed by atoms with van der Waals surface area (Å²) in [6.45, 7) is 13.6. The molecule has 1 aromatic carbocycles. The molecule has 0 spiro atoms. The Bertz CT molecular complexity index is 891. The van der Waals surface area contributed by atoms with E-state index < -0.39 is 0 Å². The Kier molecular flexibility index (Phi) is 7.44. The molecule has 0 aliphatic carbocycles.